The number of rotatable bonds is 7. The zero-order chi connectivity index (χ0) is 11.8. The van der Waals surface area contributed by atoms with Crippen LogP contribution < -0.4 is 5.32 Å². The van der Waals surface area contributed by atoms with Gasteiger partial charge in [0.1, 0.15) is 0 Å². The monoisotopic (exact) mass is 237 g/mol. The summed E-state index contributed by atoms with van der Waals surface area (Å²) in [4.78, 5) is 1.28. The van der Waals surface area contributed by atoms with Gasteiger partial charge in [-0.1, -0.05) is 18.3 Å². The van der Waals surface area contributed by atoms with Crippen molar-refractivity contribution in [2.45, 2.75) is 45.6 Å². The van der Waals surface area contributed by atoms with Crippen molar-refractivity contribution >= 4 is 11.5 Å². The van der Waals surface area contributed by atoms with Gasteiger partial charge in [0.05, 0.1) is 10.6 Å². The van der Waals surface area contributed by atoms with Gasteiger partial charge in [-0.3, -0.25) is 0 Å². The molecule has 0 saturated carbocycles. The smallest absolute Gasteiger partial charge is 0.0800 e. The molecule has 0 radical (unpaired) electrons. The van der Waals surface area contributed by atoms with Gasteiger partial charge in [-0.15, -0.1) is 17.4 Å². The Morgan fingerprint density at radius 2 is 2.31 bits per heavy atom. The molecule has 0 bridgehead atoms. The van der Waals surface area contributed by atoms with E-state index in [2.05, 4.69) is 34.7 Å². The van der Waals surface area contributed by atoms with E-state index in [0.717, 1.165) is 37.9 Å². The van der Waals surface area contributed by atoms with E-state index in [1.807, 2.05) is 0 Å². The normalized spacial score (nSPS) is 12.3. The van der Waals surface area contributed by atoms with E-state index in [1.54, 1.807) is 0 Å². The Kier molecular flexibility index (Phi) is 6.05. The number of nitrogens with zero attached hydrogens (tertiary/aromatic N) is 2. The van der Waals surface area contributed by atoms with Crippen LogP contribution in [0.2, 0.25) is 0 Å². The highest BCUT2D eigenvalue weighted by atomic mass is 32.1. The van der Waals surface area contributed by atoms with Crippen LogP contribution in [0.5, 0.6) is 0 Å². The number of unbranched alkanes of at least 4 members (excludes halogenated alkanes) is 1. The lowest BCUT2D eigenvalue weighted by Gasteiger charge is -2.16. The predicted molar refractivity (Wildman–Crippen MR) is 68.4 cm³/mol. The van der Waals surface area contributed by atoms with Crippen molar-refractivity contribution in [2.75, 3.05) is 6.54 Å². The standard InChI is InChI=1S/C12H19N3S/c1-4-7-8-9-11(13-6-3)12-10(5-2)14-15-16-12/h1,11,13H,5-9H2,2-3H3. The number of terminal acetylenes is 1. The van der Waals surface area contributed by atoms with E-state index in [9.17, 15) is 0 Å². The van der Waals surface area contributed by atoms with Crippen LogP contribution in [0.15, 0.2) is 0 Å². The average Bonchev–Trinajstić information content (AvgIpc) is 2.76. The summed E-state index contributed by atoms with van der Waals surface area (Å²) < 4.78 is 4.04. The molecule has 88 valence electrons. The second-order valence-corrected chi connectivity index (χ2v) is 4.43. The fourth-order valence-corrected chi connectivity index (χ4v) is 2.55. The molecule has 16 heavy (non-hydrogen) atoms. The predicted octanol–water partition coefficient (Wildman–Crippen LogP) is 2.55. The molecule has 0 aromatic carbocycles. The first-order chi connectivity index (χ1) is 7.83. The molecular weight excluding hydrogens is 218 g/mol. The third-order valence-electron chi connectivity index (χ3n) is 2.50. The summed E-state index contributed by atoms with van der Waals surface area (Å²) in [6.45, 7) is 5.20. The molecule has 1 aromatic heterocycles. The van der Waals surface area contributed by atoms with E-state index in [4.69, 9.17) is 6.42 Å². The molecule has 4 heteroatoms. The van der Waals surface area contributed by atoms with E-state index in [1.165, 1.54) is 16.4 Å². The number of aromatic nitrogens is 2. The zero-order valence-electron chi connectivity index (χ0n) is 9.99. The molecule has 1 rings (SSSR count). The Balaban J connectivity index is 2.65. The lowest BCUT2D eigenvalue weighted by molar-refractivity contribution is 0.505. The van der Waals surface area contributed by atoms with Crippen LogP contribution in [-0.4, -0.2) is 16.1 Å². The van der Waals surface area contributed by atoms with Crippen LogP contribution in [0.3, 0.4) is 0 Å². The van der Waals surface area contributed by atoms with E-state index < -0.39 is 0 Å². The molecule has 0 aliphatic rings. The van der Waals surface area contributed by atoms with Crippen LogP contribution in [0.25, 0.3) is 0 Å². The van der Waals surface area contributed by atoms with Crippen molar-refractivity contribution in [1.82, 2.24) is 14.9 Å². The van der Waals surface area contributed by atoms with Crippen LogP contribution in [-0.2, 0) is 6.42 Å². The molecule has 1 atom stereocenters. The molecule has 0 aliphatic heterocycles. The lowest BCUT2D eigenvalue weighted by atomic mass is 10.1. The maximum absolute atomic E-state index is 5.27. The first-order valence-corrected chi connectivity index (χ1v) is 6.58. The Morgan fingerprint density at radius 1 is 1.50 bits per heavy atom. The van der Waals surface area contributed by atoms with Crippen molar-refractivity contribution in [3.8, 4) is 12.3 Å². The van der Waals surface area contributed by atoms with E-state index in [0.29, 0.717) is 6.04 Å². The molecule has 0 saturated heterocycles. The summed E-state index contributed by atoms with van der Waals surface area (Å²) in [6, 6.07) is 0.369. The fourth-order valence-electron chi connectivity index (χ4n) is 1.71. The minimum atomic E-state index is 0.369. The van der Waals surface area contributed by atoms with Gasteiger partial charge in [-0.2, -0.15) is 0 Å². The van der Waals surface area contributed by atoms with Crippen molar-refractivity contribution in [1.29, 1.82) is 0 Å². The minimum absolute atomic E-state index is 0.369. The van der Waals surface area contributed by atoms with Gasteiger partial charge >= 0.3 is 0 Å². The van der Waals surface area contributed by atoms with Gasteiger partial charge in [0, 0.05) is 12.5 Å². The highest BCUT2D eigenvalue weighted by Crippen LogP contribution is 2.25. The number of aryl methyl sites for hydroxylation is 1. The maximum Gasteiger partial charge on any atom is 0.0800 e. The molecule has 1 heterocycles. The third-order valence-corrected chi connectivity index (χ3v) is 3.38. The SMILES string of the molecule is C#CCCCC(NCC)c1snnc1CC. The second-order valence-electron chi connectivity index (χ2n) is 3.64. The Hall–Kier alpha value is -0.920. The zero-order valence-corrected chi connectivity index (χ0v) is 10.8. The molecule has 1 N–H and O–H groups in total. The molecular formula is C12H19N3S. The van der Waals surface area contributed by atoms with Gasteiger partial charge < -0.3 is 5.32 Å². The molecule has 1 unspecified atom stereocenters. The molecule has 0 aliphatic carbocycles. The molecule has 0 spiro atoms. The van der Waals surface area contributed by atoms with E-state index >= 15 is 0 Å². The Labute approximate surface area is 102 Å². The quantitative estimate of drug-likeness (QED) is 0.585. The van der Waals surface area contributed by atoms with Crippen molar-refractivity contribution < 1.29 is 0 Å². The summed E-state index contributed by atoms with van der Waals surface area (Å²) in [7, 11) is 0. The summed E-state index contributed by atoms with van der Waals surface area (Å²) in [5.74, 6) is 2.68. The lowest BCUT2D eigenvalue weighted by Crippen LogP contribution is -2.21. The largest absolute Gasteiger partial charge is 0.309 e. The molecule has 0 fully saturated rings. The van der Waals surface area contributed by atoms with Gasteiger partial charge in [-0.25, -0.2) is 0 Å². The minimum Gasteiger partial charge on any atom is -0.309 e. The first-order valence-electron chi connectivity index (χ1n) is 5.81. The number of hydrogen-bond acceptors (Lipinski definition) is 4. The topological polar surface area (TPSA) is 37.8 Å². The Bertz CT molecular complexity index is 340. The van der Waals surface area contributed by atoms with Crippen molar-refractivity contribution in [3.05, 3.63) is 10.6 Å². The van der Waals surface area contributed by atoms with Gasteiger partial charge in [0.2, 0.25) is 0 Å². The van der Waals surface area contributed by atoms with Crippen LogP contribution >= 0.6 is 11.5 Å². The number of nitrogens with one attached hydrogen (secondary N) is 1. The summed E-state index contributed by atoms with van der Waals surface area (Å²) in [5.41, 5.74) is 1.12. The van der Waals surface area contributed by atoms with Gasteiger partial charge in [0.15, 0.2) is 0 Å². The summed E-state index contributed by atoms with van der Waals surface area (Å²) in [5, 5.41) is 7.63. The van der Waals surface area contributed by atoms with Crippen LogP contribution in [0, 0.1) is 12.3 Å². The molecule has 3 nitrogen and oxygen atoms in total. The van der Waals surface area contributed by atoms with Gasteiger partial charge in [-0.05, 0) is 37.3 Å². The maximum atomic E-state index is 5.27. The highest BCUT2D eigenvalue weighted by molar-refractivity contribution is 7.05. The second kappa shape index (κ2) is 7.37. The van der Waals surface area contributed by atoms with Crippen molar-refractivity contribution in [2.24, 2.45) is 0 Å². The third kappa shape index (κ3) is 3.58. The van der Waals surface area contributed by atoms with Gasteiger partial charge in [0.25, 0.3) is 0 Å². The fraction of sp³-hybridized carbons (Fsp3) is 0.667. The average molecular weight is 237 g/mol. The van der Waals surface area contributed by atoms with E-state index in [-0.39, 0.29) is 0 Å². The summed E-state index contributed by atoms with van der Waals surface area (Å²) in [6.07, 6.45) is 9.18. The Morgan fingerprint density at radius 3 is 2.94 bits per heavy atom. The summed E-state index contributed by atoms with van der Waals surface area (Å²) >= 11 is 1.50. The molecule has 0 amide bonds. The highest BCUT2D eigenvalue weighted by Gasteiger charge is 2.16. The van der Waals surface area contributed by atoms with Crippen molar-refractivity contribution in [3.63, 3.8) is 0 Å². The van der Waals surface area contributed by atoms with Crippen LogP contribution in [0.1, 0.15) is 49.7 Å². The molecule has 1 aromatic rings. The number of hydrogen-bond donors (Lipinski definition) is 1. The first kappa shape index (κ1) is 13.1. The van der Waals surface area contributed by atoms with Crippen LogP contribution in [0.4, 0.5) is 0 Å².